The SMILES string of the molecule is CS(=O)(=O)N1CCN(CC(CO)CN2[C@@H]3C[CH]C[C@@]2(C(N)=O)CC3)CC1. The molecule has 1 radical (unpaired) electrons. The summed E-state index contributed by atoms with van der Waals surface area (Å²) in [6, 6.07) is 0.340. The van der Waals surface area contributed by atoms with Crippen molar-refractivity contribution in [2.24, 2.45) is 11.7 Å². The van der Waals surface area contributed by atoms with Gasteiger partial charge in [-0.15, -0.1) is 0 Å². The number of rotatable bonds is 7. The fourth-order valence-corrected chi connectivity index (χ4v) is 5.61. The highest BCUT2D eigenvalue weighted by atomic mass is 32.2. The zero-order chi connectivity index (χ0) is 18.9. The van der Waals surface area contributed by atoms with Gasteiger partial charge in [0.05, 0.1) is 6.26 Å². The van der Waals surface area contributed by atoms with E-state index in [4.69, 9.17) is 5.73 Å². The van der Waals surface area contributed by atoms with Crippen LogP contribution in [-0.4, -0.2) is 97.2 Å². The van der Waals surface area contributed by atoms with E-state index in [2.05, 4.69) is 16.2 Å². The van der Waals surface area contributed by atoms with Crippen molar-refractivity contribution in [1.82, 2.24) is 14.1 Å². The number of carbonyl (C=O) groups excluding carboxylic acids is 1. The van der Waals surface area contributed by atoms with Gasteiger partial charge < -0.3 is 15.7 Å². The maximum Gasteiger partial charge on any atom is 0.237 e. The van der Waals surface area contributed by atoms with Gasteiger partial charge >= 0.3 is 0 Å². The normalized spacial score (nSPS) is 32.6. The van der Waals surface area contributed by atoms with Gasteiger partial charge in [-0.3, -0.25) is 9.69 Å². The predicted octanol–water partition coefficient (Wildman–Crippen LogP) is -1.14. The van der Waals surface area contributed by atoms with Crippen LogP contribution in [0.1, 0.15) is 25.7 Å². The van der Waals surface area contributed by atoms with Crippen LogP contribution in [0.5, 0.6) is 0 Å². The fourth-order valence-electron chi connectivity index (χ4n) is 4.78. The van der Waals surface area contributed by atoms with Gasteiger partial charge in [0.2, 0.25) is 15.9 Å². The van der Waals surface area contributed by atoms with Crippen LogP contribution in [0.4, 0.5) is 0 Å². The molecule has 0 aromatic carbocycles. The monoisotopic (exact) mass is 387 g/mol. The van der Waals surface area contributed by atoms with E-state index in [1.807, 2.05) is 0 Å². The minimum Gasteiger partial charge on any atom is -0.396 e. The number of nitrogens with zero attached hydrogens (tertiary/aromatic N) is 3. The highest BCUT2D eigenvalue weighted by molar-refractivity contribution is 7.88. The number of aliphatic hydroxyl groups is 1. The molecule has 3 N–H and O–H groups in total. The highest BCUT2D eigenvalue weighted by Crippen LogP contribution is 2.43. The number of primary amides is 1. The summed E-state index contributed by atoms with van der Waals surface area (Å²) >= 11 is 0. The molecule has 3 fully saturated rings. The van der Waals surface area contributed by atoms with Gasteiger partial charge in [0, 0.05) is 57.8 Å². The molecular formula is C17H31N4O4S. The summed E-state index contributed by atoms with van der Waals surface area (Å²) in [6.45, 7) is 3.73. The first-order valence-electron chi connectivity index (χ1n) is 9.43. The van der Waals surface area contributed by atoms with E-state index in [0.717, 1.165) is 19.3 Å². The first kappa shape index (κ1) is 20.0. The molecule has 0 aliphatic carbocycles. The Balaban J connectivity index is 1.59. The van der Waals surface area contributed by atoms with Crippen molar-refractivity contribution in [3.63, 3.8) is 0 Å². The van der Waals surface area contributed by atoms with Crippen LogP contribution in [0.2, 0.25) is 0 Å². The van der Waals surface area contributed by atoms with Crippen LogP contribution < -0.4 is 5.73 Å². The maximum absolute atomic E-state index is 12.2. The van der Waals surface area contributed by atoms with Crippen molar-refractivity contribution in [2.45, 2.75) is 37.3 Å². The number of aliphatic hydroxyl groups excluding tert-OH is 1. The fraction of sp³-hybridized carbons (Fsp3) is 0.882. The summed E-state index contributed by atoms with van der Waals surface area (Å²) in [5, 5.41) is 9.90. The van der Waals surface area contributed by atoms with E-state index < -0.39 is 15.6 Å². The second kappa shape index (κ2) is 7.71. The molecule has 3 atom stereocenters. The lowest BCUT2D eigenvalue weighted by Gasteiger charge is -2.44. The minimum absolute atomic E-state index is 0.0252. The molecule has 3 saturated heterocycles. The summed E-state index contributed by atoms with van der Waals surface area (Å²) in [6.07, 6.45) is 6.87. The Morgan fingerprint density at radius 2 is 2.00 bits per heavy atom. The Labute approximate surface area is 156 Å². The molecule has 3 aliphatic heterocycles. The average Bonchev–Trinajstić information content (AvgIpc) is 2.79. The summed E-state index contributed by atoms with van der Waals surface area (Å²) in [4.78, 5) is 16.6. The van der Waals surface area contributed by atoms with Gasteiger partial charge in [0.25, 0.3) is 0 Å². The van der Waals surface area contributed by atoms with Crippen molar-refractivity contribution >= 4 is 15.9 Å². The molecule has 0 saturated carbocycles. The van der Waals surface area contributed by atoms with Gasteiger partial charge in [-0.2, -0.15) is 4.31 Å². The molecule has 1 amide bonds. The molecule has 1 unspecified atom stereocenters. The van der Waals surface area contributed by atoms with Gasteiger partial charge in [-0.1, -0.05) is 0 Å². The van der Waals surface area contributed by atoms with Gasteiger partial charge in [0.1, 0.15) is 5.54 Å². The molecule has 149 valence electrons. The van der Waals surface area contributed by atoms with Crippen LogP contribution in [0.25, 0.3) is 0 Å². The molecular weight excluding hydrogens is 356 g/mol. The third kappa shape index (κ3) is 3.91. The van der Waals surface area contributed by atoms with Crippen molar-refractivity contribution < 1.29 is 18.3 Å². The Morgan fingerprint density at radius 1 is 1.31 bits per heavy atom. The number of nitrogens with two attached hydrogens (primary N) is 1. The molecule has 3 rings (SSSR count). The standard InChI is InChI=1S/C17H31N4O4S/c1-26(24,25)20-9-7-19(8-10-20)11-14(13-22)12-21-15-3-2-5-17(21,6-4-15)16(18)23/h2,14-15,22H,3-13H2,1H3,(H2,18,23)/t14?,15-,17+/m1/s1. The van der Waals surface area contributed by atoms with Crippen molar-refractivity contribution in [3.8, 4) is 0 Å². The zero-order valence-electron chi connectivity index (χ0n) is 15.5. The quantitative estimate of drug-likeness (QED) is 0.572. The van der Waals surface area contributed by atoms with E-state index in [0.29, 0.717) is 51.7 Å². The van der Waals surface area contributed by atoms with Gasteiger partial charge in [-0.25, -0.2) is 8.42 Å². The van der Waals surface area contributed by atoms with Crippen molar-refractivity contribution in [3.05, 3.63) is 6.42 Å². The first-order chi connectivity index (χ1) is 12.3. The molecule has 3 heterocycles. The molecule has 8 nitrogen and oxygen atoms in total. The molecule has 0 aromatic heterocycles. The van der Waals surface area contributed by atoms with E-state index in [-0.39, 0.29) is 18.4 Å². The summed E-state index contributed by atoms with van der Waals surface area (Å²) in [5.41, 5.74) is 5.17. The predicted molar refractivity (Wildman–Crippen MR) is 98.6 cm³/mol. The highest BCUT2D eigenvalue weighted by Gasteiger charge is 2.52. The second-order valence-electron chi connectivity index (χ2n) is 7.98. The van der Waals surface area contributed by atoms with Crippen LogP contribution in [0.3, 0.4) is 0 Å². The largest absolute Gasteiger partial charge is 0.396 e. The Morgan fingerprint density at radius 3 is 2.58 bits per heavy atom. The molecule has 3 aliphatic rings. The average molecular weight is 388 g/mol. The third-order valence-electron chi connectivity index (χ3n) is 6.29. The van der Waals surface area contributed by atoms with E-state index in [1.165, 1.54) is 10.6 Å². The van der Waals surface area contributed by atoms with Crippen LogP contribution in [0.15, 0.2) is 0 Å². The molecule has 0 aromatic rings. The third-order valence-corrected chi connectivity index (χ3v) is 7.59. The van der Waals surface area contributed by atoms with Crippen LogP contribution >= 0.6 is 0 Å². The lowest BCUT2D eigenvalue weighted by Crippen LogP contribution is -2.60. The Bertz CT molecular complexity index is 616. The number of hydrogen-bond acceptors (Lipinski definition) is 6. The van der Waals surface area contributed by atoms with Crippen LogP contribution in [-0.2, 0) is 14.8 Å². The van der Waals surface area contributed by atoms with E-state index >= 15 is 0 Å². The van der Waals surface area contributed by atoms with Crippen molar-refractivity contribution in [2.75, 3.05) is 52.1 Å². The maximum atomic E-state index is 12.2. The number of piperidine rings is 1. The number of amides is 1. The molecule has 26 heavy (non-hydrogen) atoms. The van der Waals surface area contributed by atoms with E-state index in [9.17, 15) is 18.3 Å². The Kier molecular flexibility index (Phi) is 5.93. The topological polar surface area (TPSA) is 107 Å². The lowest BCUT2D eigenvalue weighted by atomic mass is 9.86. The van der Waals surface area contributed by atoms with Gasteiger partial charge in [-0.05, 0) is 32.1 Å². The molecule has 2 bridgehead atoms. The van der Waals surface area contributed by atoms with Crippen molar-refractivity contribution in [1.29, 1.82) is 0 Å². The minimum atomic E-state index is -3.14. The molecule has 9 heteroatoms. The summed E-state index contributed by atoms with van der Waals surface area (Å²) < 4.78 is 24.8. The van der Waals surface area contributed by atoms with E-state index in [1.54, 1.807) is 0 Å². The zero-order valence-corrected chi connectivity index (χ0v) is 16.3. The number of fused-ring (bicyclic) bond motifs is 2. The Hall–Kier alpha value is -0.740. The van der Waals surface area contributed by atoms with Crippen LogP contribution in [0, 0.1) is 12.3 Å². The number of piperazine rings is 1. The number of carbonyl (C=O) groups is 1. The smallest absolute Gasteiger partial charge is 0.237 e. The first-order valence-corrected chi connectivity index (χ1v) is 11.3. The number of sulfonamides is 1. The summed E-state index contributed by atoms with van der Waals surface area (Å²) in [5.74, 6) is -0.230. The summed E-state index contributed by atoms with van der Waals surface area (Å²) in [7, 11) is -3.14. The van der Waals surface area contributed by atoms with Gasteiger partial charge in [0.15, 0.2) is 0 Å². The molecule has 0 spiro atoms. The lowest BCUT2D eigenvalue weighted by molar-refractivity contribution is -0.131. The second-order valence-corrected chi connectivity index (χ2v) is 9.96. The number of hydrogen-bond donors (Lipinski definition) is 2.